The molecule has 2 aromatic heterocycles. The SMILES string of the molecule is C=C(C)Cl.C=CCCN(CCC)C(=O)C(O)C(O)C=O.CC.CNCc1ccc(-c2cccc3nc(C)ccc23)nc1. The molecule has 1 aromatic carbocycles. The van der Waals surface area contributed by atoms with Crippen LogP contribution in [0.3, 0.4) is 0 Å². The van der Waals surface area contributed by atoms with Gasteiger partial charge in [-0.3, -0.25) is 14.8 Å². The molecule has 0 spiro atoms. The van der Waals surface area contributed by atoms with Crippen molar-refractivity contribution in [1.82, 2.24) is 20.2 Å². The van der Waals surface area contributed by atoms with Crippen LogP contribution in [0.15, 0.2) is 72.9 Å². The molecule has 2 unspecified atom stereocenters. The molecule has 0 radical (unpaired) electrons. The number of aldehydes is 1. The van der Waals surface area contributed by atoms with Gasteiger partial charge in [0, 0.05) is 47.5 Å². The number of benzene rings is 1. The molecule has 0 aliphatic carbocycles. The van der Waals surface area contributed by atoms with Crippen LogP contribution in [0.25, 0.3) is 22.2 Å². The molecule has 0 aliphatic heterocycles. The first kappa shape index (κ1) is 38.6. The van der Waals surface area contributed by atoms with E-state index in [0.29, 0.717) is 24.5 Å². The average molecular weight is 599 g/mol. The number of pyridine rings is 2. The third-order valence-corrected chi connectivity index (χ3v) is 5.48. The summed E-state index contributed by atoms with van der Waals surface area (Å²) in [6.45, 7) is 18.3. The summed E-state index contributed by atoms with van der Waals surface area (Å²) in [6, 6.07) is 14.5. The summed E-state index contributed by atoms with van der Waals surface area (Å²) >= 11 is 5.08. The van der Waals surface area contributed by atoms with Crippen LogP contribution in [-0.2, 0) is 16.1 Å². The number of carbonyl (C=O) groups is 2. The maximum atomic E-state index is 11.7. The number of nitrogens with zero attached hydrogens (tertiary/aromatic N) is 3. The zero-order valence-electron chi connectivity index (χ0n) is 25.8. The lowest BCUT2D eigenvalue weighted by Crippen LogP contribution is -2.46. The minimum atomic E-state index is -1.67. The number of nitrogens with one attached hydrogen (secondary N) is 1. The Labute approximate surface area is 256 Å². The molecule has 0 saturated heterocycles. The molecule has 2 heterocycles. The zero-order valence-corrected chi connectivity index (χ0v) is 26.6. The Balaban J connectivity index is 0.000000689. The van der Waals surface area contributed by atoms with E-state index < -0.39 is 18.1 Å². The van der Waals surface area contributed by atoms with Crippen molar-refractivity contribution in [2.45, 2.75) is 66.2 Å². The van der Waals surface area contributed by atoms with Crippen molar-refractivity contribution in [1.29, 1.82) is 0 Å². The minimum absolute atomic E-state index is 0.153. The fourth-order valence-electron chi connectivity index (χ4n) is 3.63. The monoisotopic (exact) mass is 598 g/mol. The highest BCUT2D eigenvalue weighted by molar-refractivity contribution is 6.28. The average Bonchev–Trinajstić information content (AvgIpc) is 2.99. The molecule has 0 fully saturated rings. The summed E-state index contributed by atoms with van der Waals surface area (Å²) in [5.74, 6) is -0.622. The van der Waals surface area contributed by atoms with E-state index in [1.54, 1.807) is 13.0 Å². The number of hydrogen-bond donors (Lipinski definition) is 3. The first-order valence-electron chi connectivity index (χ1n) is 14.1. The molecule has 2 atom stereocenters. The van der Waals surface area contributed by atoms with Gasteiger partial charge in [-0.05, 0) is 57.5 Å². The molecular formula is C33H47ClN4O4. The van der Waals surface area contributed by atoms with Gasteiger partial charge in [-0.1, -0.05) is 69.3 Å². The van der Waals surface area contributed by atoms with Crippen LogP contribution in [0.1, 0.15) is 51.8 Å². The van der Waals surface area contributed by atoms with Gasteiger partial charge in [-0.15, -0.1) is 6.58 Å². The van der Waals surface area contributed by atoms with Crippen LogP contribution in [-0.4, -0.2) is 69.6 Å². The van der Waals surface area contributed by atoms with E-state index in [-0.39, 0.29) is 6.29 Å². The summed E-state index contributed by atoms with van der Waals surface area (Å²) < 4.78 is 0. The van der Waals surface area contributed by atoms with Crippen molar-refractivity contribution in [2.75, 3.05) is 20.1 Å². The van der Waals surface area contributed by atoms with Crippen molar-refractivity contribution in [3.8, 4) is 11.3 Å². The van der Waals surface area contributed by atoms with E-state index in [1.807, 2.05) is 59.1 Å². The van der Waals surface area contributed by atoms with Gasteiger partial charge < -0.3 is 25.2 Å². The van der Waals surface area contributed by atoms with Crippen molar-refractivity contribution in [3.05, 3.63) is 84.2 Å². The van der Waals surface area contributed by atoms with Crippen molar-refractivity contribution >= 4 is 34.7 Å². The summed E-state index contributed by atoms with van der Waals surface area (Å²) in [5.41, 5.74) is 5.35. The first-order chi connectivity index (χ1) is 20.1. The number of aryl methyl sites for hydroxylation is 1. The maximum Gasteiger partial charge on any atom is 0.254 e. The largest absolute Gasteiger partial charge is 0.382 e. The summed E-state index contributed by atoms with van der Waals surface area (Å²) in [6.07, 6.45) is 1.76. The number of rotatable bonds is 11. The number of fused-ring (bicyclic) bond motifs is 1. The topological polar surface area (TPSA) is 116 Å². The standard InChI is InChI=1S/C17H17N3.C11H19NO4.C3H5Cl.C2H6/c1-12-6-8-15-14(4-3-5-17(15)20-12)16-9-7-13(10-18-2)11-19-16;1-3-5-7-12(6-4-2)11(16)10(15)9(14)8-13;1-3(2)4;1-2/h3-9,11,18H,10H2,1-2H3;3,8-10,14-15H,1,4-7H2,2H3;1H2,2H3;1-2H3. The highest BCUT2D eigenvalue weighted by Crippen LogP contribution is 2.26. The number of carbonyl (C=O) groups excluding carboxylic acids is 2. The number of aromatic nitrogens is 2. The maximum absolute atomic E-state index is 11.7. The Morgan fingerprint density at radius 1 is 1.14 bits per heavy atom. The number of halogens is 1. The summed E-state index contributed by atoms with van der Waals surface area (Å²) in [7, 11) is 1.94. The van der Waals surface area contributed by atoms with Crippen molar-refractivity contribution in [2.24, 2.45) is 0 Å². The molecule has 0 saturated carbocycles. The van der Waals surface area contributed by atoms with Gasteiger partial charge in [-0.25, -0.2) is 0 Å². The Morgan fingerprint density at radius 2 is 1.81 bits per heavy atom. The normalized spacial score (nSPS) is 11.3. The Kier molecular flexibility index (Phi) is 20.4. The number of allylic oxidation sites excluding steroid dienone is 1. The summed E-state index contributed by atoms with van der Waals surface area (Å²) in [4.78, 5) is 32.5. The fourth-order valence-corrected chi connectivity index (χ4v) is 3.63. The van der Waals surface area contributed by atoms with Crippen LogP contribution >= 0.6 is 11.6 Å². The van der Waals surface area contributed by atoms with Gasteiger partial charge in [-0.2, -0.15) is 0 Å². The second kappa shape index (κ2) is 22.2. The lowest BCUT2D eigenvalue weighted by Gasteiger charge is -2.25. The van der Waals surface area contributed by atoms with Crippen LogP contribution in [0, 0.1) is 6.92 Å². The van der Waals surface area contributed by atoms with E-state index in [2.05, 4.69) is 52.7 Å². The molecule has 230 valence electrons. The molecule has 9 heteroatoms. The Bertz CT molecular complexity index is 1230. The van der Waals surface area contributed by atoms with Crippen LogP contribution < -0.4 is 5.32 Å². The zero-order chi connectivity index (χ0) is 32.1. The number of aliphatic hydroxyl groups excluding tert-OH is 2. The third-order valence-electron chi connectivity index (χ3n) is 5.48. The number of aliphatic hydroxyl groups is 2. The van der Waals surface area contributed by atoms with E-state index in [0.717, 1.165) is 40.8 Å². The van der Waals surface area contributed by atoms with Gasteiger partial charge in [0.1, 0.15) is 6.10 Å². The first-order valence-corrected chi connectivity index (χ1v) is 14.5. The van der Waals surface area contributed by atoms with E-state index in [9.17, 15) is 14.7 Å². The Morgan fingerprint density at radius 3 is 2.33 bits per heavy atom. The lowest BCUT2D eigenvalue weighted by molar-refractivity contribution is -0.148. The molecule has 42 heavy (non-hydrogen) atoms. The van der Waals surface area contributed by atoms with Crippen LogP contribution in [0.2, 0.25) is 0 Å². The van der Waals surface area contributed by atoms with Gasteiger partial charge >= 0.3 is 0 Å². The smallest absolute Gasteiger partial charge is 0.254 e. The molecular weight excluding hydrogens is 552 g/mol. The fraction of sp³-hybridized carbons (Fsp3) is 0.394. The van der Waals surface area contributed by atoms with Gasteiger partial charge in [0.15, 0.2) is 12.4 Å². The quantitative estimate of drug-likeness (QED) is 0.188. The highest BCUT2D eigenvalue weighted by Gasteiger charge is 2.27. The number of amides is 1. The molecule has 8 nitrogen and oxygen atoms in total. The van der Waals surface area contributed by atoms with Crippen molar-refractivity contribution < 1.29 is 19.8 Å². The van der Waals surface area contributed by atoms with Crippen molar-refractivity contribution in [3.63, 3.8) is 0 Å². The second-order valence-corrected chi connectivity index (χ2v) is 9.70. The summed E-state index contributed by atoms with van der Waals surface area (Å²) in [5, 5.41) is 23.4. The molecule has 0 bridgehead atoms. The van der Waals surface area contributed by atoms with E-state index in [1.165, 1.54) is 10.5 Å². The Hall–Kier alpha value is -3.43. The third kappa shape index (κ3) is 14.0. The van der Waals surface area contributed by atoms with E-state index >= 15 is 0 Å². The number of hydrogen-bond acceptors (Lipinski definition) is 7. The minimum Gasteiger partial charge on any atom is -0.382 e. The van der Waals surface area contributed by atoms with Gasteiger partial charge in [0.25, 0.3) is 5.91 Å². The van der Waals surface area contributed by atoms with Gasteiger partial charge in [0.2, 0.25) is 0 Å². The molecule has 3 aromatic rings. The van der Waals surface area contributed by atoms with Gasteiger partial charge in [0.05, 0.1) is 11.2 Å². The molecule has 3 N–H and O–H groups in total. The van der Waals surface area contributed by atoms with E-state index in [4.69, 9.17) is 16.7 Å². The molecule has 3 rings (SSSR count). The molecule has 1 amide bonds. The highest BCUT2D eigenvalue weighted by atomic mass is 35.5. The van der Waals surface area contributed by atoms with Crippen LogP contribution in [0.5, 0.6) is 0 Å². The predicted molar refractivity (Wildman–Crippen MR) is 174 cm³/mol. The lowest BCUT2D eigenvalue weighted by atomic mass is 10.0. The second-order valence-electron chi connectivity index (χ2n) is 9.06. The predicted octanol–water partition coefficient (Wildman–Crippen LogP) is 5.83. The molecule has 0 aliphatic rings. The van der Waals surface area contributed by atoms with Crippen LogP contribution in [0.4, 0.5) is 0 Å².